The van der Waals surface area contributed by atoms with Crippen molar-refractivity contribution in [3.63, 3.8) is 0 Å². The summed E-state index contributed by atoms with van der Waals surface area (Å²) in [6.45, 7) is 16.0. The first-order valence-corrected chi connectivity index (χ1v) is 14.9. The van der Waals surface area contributed by atoms with Gasteiger partial charge in [-0.25, -0.2) is 0 Å². The first kappa shape index (κ1) is 31.6. The van der Waals surface area contributed by atoms with Crippen LogP contribution in [0.5, 0.6) is 11.5 Å². The van der Waals surface area contributed by atoms with Gasteiger partial charge in [0.15, 0.2) is 0 Å². The molecule has 0 radical (unpaired) electrons. The van der Waals surface area contributed by atoms with Gasteiger partial charge in [-0.15, -0.1) is 0 Å². The Balaban J connectivity index is 1.69. The van der Waals surface area contributed by atoms with Crippen LogP contribution in [0.25, 0.3) is 0 Å². The molecule has 8 nitrogen and oxygen atoms in total. The van der Waals surface area contributed by atoms with Crippen molar-refractivity contribution in [3.05, 3.63) is 47.1 Å². The van der Waals surface area contributed by atoms with E-state index in [1.54, 1.807) is 32.4 Å². The predicted octanol–water partition coefficient (Wildman–Crippen LogP) is 6.15. The van der Waals surface area contributed by atoms with Crippen molar-refractivity contribution in [3.8, 4) is 11.5 Å². The highest BCUT2D eigenvalue weighted by atomic mass is 16.6. The summed E-state index contributed by atoms with van der Waals surface area (Å²) in [4.78, 5) is 38.2. The molecule has 42 heavy (non-hydrogen) atoms. The topological polar surface area (TPSA) is 97.4 Å². The monoisotopic (exact) mass is 582 g/mol. The standard InChI is InChI=1S/C34H46O8/c1-19-10-12-25-32(41-22(4)36)31-20(2)26(42-29(37)17-23-16-24(38-8)11-13-27(23)39-9)14-15-34(31,7)18-28(40-21(3)35)30(19)33(25,5)6/h11,13,16,25-26,28,31-32H,2,10,12,14-15,17-18H2,1,3-9H3/t25-,26-,28-,31-,32+,34-/m0/s1. The largest absolute Gasteiger partial charge is 0.497 e. The number of carbonyl (C=O) groups is 3. The number of esters is 3. The minimum Gasteiger partial charge on any atom is -0.497 e. The highest BCUT2D eigenvalue weighted by Crippen LogP contribution is 2.60. The third-order valence-electron chi connectivity index (χ3n) is 9.86. The summed E-state index contributed by atoms with van der Waals surface area (Å²) in [5.41, 5.74) is 2.98. The second kappa shape index (κ2) is 12.1. The van der Waals surface area contributed by atoms with Crippen molar-refractivity contribution >= 4 is 17.9 Å². The predicted molar refractivity (Wildman–Crippen MR) is 158 cm³/mol. The molecular formula is C34H46O8. The van der Waals surface area contributed by atoms with Crippen molar-refractivity contribution in [2.75, 3.05) is 14.2 Å². The van der Waals surface area contributed by atoms with E-state index in [2.05, 4.69) is 34.3 Å². The molecule has 0 unspecified atom stereocenters. The van der Waals surface area contributed by atoms with Gasteiger partial charge in [0.2, 0.25) is 0 Å². The molecule has 0 spiro atoms. The smallest absolute Gasteiger partial charge is 0.311 e. The van der Waals surface area contributed by atoms with Gasteiger partial charge in [-0.2, -0.15) is 0 Å². The zero-order valence-electron chi connectivity index (χ0n) is 26.3. The lowest BCUT2D eigenvalue weighted by atomic mass is 9.50. The summed E-state index contributed by atoms with van der Waals surface area (Å²) in [7, 11) is 3.13. The van der Waals surface area contributed by atoms with E-state index >= 15 is 0 Å². The van der Waals surface area contributed by atoms with Gasteiger partial charge in [-0.1, -0.05) is 32.9 Å². The molecule has 230 valence electrons. The van der Waals surface area contributed by atoms with E-state index in [0.29, 0.717) is 36.3 Å². The van der Waals surface area contributed by atoms with Crippen LogP contribution in [0.4, 0.5) is 0 Å². The number of hydrogen-bond acceptors (Lipinski definition) is 8. The molecule has 3 aliphatic rings. The molecule has 0 aromatic heterocycles. The van der Waals surface area contributed by atoms with Crippen LogP contribution in [-0.2, 0) is 35.0 Å². The van der Waals surface area contributed by atoms with Crippen LogP contribution < -0.4 is 9.47 Å². The SMILES string of the molecule is C=C1[C@@H](OC(=O)Cc2cc(OC)ccc2OC)CC[C@@]2(C)C[C@H](OC(C)=O)C3=C(C)CC[C@@H]([C@@H](OC(C)=O)[C@H]12)C3(C)C. The van der Waals surface area contributed by atoms with E-state index < -0.39 is 35.1 Å². The number of fused-ring (bicyclic) bond motifs is 3. The lowest BCUT2D eigenvalue weighted by molar-refractivity contribution is -0.171. The van der Waals surface area contributed by atoms with Crippen LogP contribution in [0.3, 0.4) is 0 Å². The summed E-state index contributed by atoms with van der Waals surface area (Å²) in [5, 5.41) is 0. The lowest BCUT2D eigenvalue weighted by Crippen LogP contribution is -2.57. The summed E-state index contributed by atoms with van der Waals surface area (Å²) in [6.07, 6.45) is 2.10. The van der Waals surface area contributed by atoms with Gasteiger partial charge in [0.05, 0.1) is 20.6 Å². The number of allylic oxidation sites excluding steroid dienone is 1. The Kier molecular flexibility index (Phi) is 9.14. The second-order valence-corrected chi connectivity index (χ2v) is 13.0. The summed E-state index contributed by atoms with van der Waals surface area (Å²) in [6, 6.07) is 5.31. The number of methoxy groups -OCH3 is 2. The van der Waals surface area contributed by atoms with Crippen molar-refractivity contribution < 1.29 is 38.1 Å². The van der Waals surface area contributed by atoms with E-state index in [0.717, 1.165) is 24.0 Å². The molecule has 2 saturated carbocycles. The molecule has 2 fully saturated rings. The average Bonchev–Trinajstić information content (AvgIpc) is 2.88. The van der Waals surface area contributed by atoms with Gasteiger partial charge in [-0.05, 0) is 79.2 Å². The maximum atomic E-state index is 13.3. The van der Waals surface area contributed by atoms with Crippen molar-refractivity contribution in [1.82, 2.24) is 0 Å². The molecule has 0 N–H and O–H groups in total. The van der Waals surface area contributed by atoms with Crippen LogP contribution in [0, 0.1) is 22.7 Å². The molecular weight excluding hydrogens is 536 g/mol. The fraction of sp³-hybridized carbons (Fsp3) is 0.618. The third-order valence-corrected chi connectivity index (χ3v) is 9.86. The van der Waals surface area contributed by atoms with Gasteiger partial charge in [0, 0.05) is 31.2 Å². The molecule has 6 atom stereocenters. The van der Waals surface area contributed by atoms with Gasteiger partial charge >= 0.3 is 17.9 Å². The minimum atomic E-state index is -0.541. The molecule has 0 amide bonds. The maximum absolute atomic E-state index is 13.3. The normalized spacial score (nSPS) is 30.3. The Bertz CT molecular complexity index is 1280. The quantitative estimate of drug-likeness (QED) is 0.215. The molecule has 0 heterocycles. The Morgan fingerprint density at radius 1 is 0.952 bits per heavy atom. The van der Waals surface area contributed by atoms with Crippen LogP contribution in [0.2, 0.25) is 0 Å². The molecule has 0 aliphatic heterocycles. The Morgan fingerprint density at radius 3 is 2.26 bits per heavy atom. The first-order chi connectivity index (χ1) is 19.7. The van der Waals surface area contributed by atoms with Crippen LogP contribution in [0.15, 0.2) is 41.5 Å². The molecule has 2 bridgehead atoms. The van der Waals surface area contributed by atoms with Gasteiger partial charge < -0.3 is 23.7 Å². The zero-order valence-corrected chi connectivity index (χ0v) is 26.3. The summed E-state index contributed by atoms with van der Waals surface area (Å²) in [5.74, 6) is -0.186. The third kappa shape index (κ3) is 6.09. The van der Waals surface area contributed by atoms with E-state index in [4.69, 9.17) is 23.7 Å². The van der Waals surface area contributed by atoms with Crippen molar-refractivity contribution in [2.24, 2.45) is 22.7 Å². The van der Waals surface area contributed by atoms with E-state index in [1.807, 2.05) is 0 Å². The number of hydrogen-bond donors (Lipinski definition) is 0. The highest BCUT2D eigenvalue weighted by molar-refractivity contribution is 5.74. The number of benzene rings is 1. The molecule has 8 heteroatoms. The van der Waals surface area contributed by atoms with E-state index in [9.17, 15) is 14.4 Å². The molecule has 0 saturated heterocycles. The van der Waals surface area contributed by atoms with Gasteiger partial charge in [0.25, 0.3) is 0 Å². The van der Waals surface area contributed by atoms with Crippen LogP contribution >= 0.6 is 0 Å². The van der Waals surface area contributed by atoms with Crippen LogP contribution in [-0.4, -0.2) is 50.4 Å². The Hall–Kier alpha value is -3.29. The lowest BCUT2D eigenvalue weighted by Gasteiger charge is -2.57. The van der Waals surface area contributed by atoms with E-state index in [1.165, 1.54) is 19.4 Å². The summed E-state index contributed by atoms with van der Waals surface area (Å²) < 4.78 is 29.1. The number of ether oxygens (including phenoxy) is 5. The first-order valence-electron chi connectivity index (χ1n) is 14.9. The zero-order chi connectivity index (χ0) is 31.0. The number of carbonyl (C=O) groups excluding carboxylic acids is 3. The fourth-order valence-electron chi connectivity index (χ4n) is 8.08. The average molecular weight is 583 g/mol. The van der Waals surface area contributed by atoms with Gasteiger partial charge in [-0.3, -0.25) is 14.4 Å². The summed E-state index contributed by atoms with van der Waals surface area (Å²) >= 11 is 0. The van der Waals surface area contributed by atoms with Crippen molar-refractivity contribution in [1.29, 1.82) is 0 Å². The Labute approximate surface area is 249 Å². The highest BCUT2D eigenvalue weighted by Gasteiger charge is 2.58. The van der Waals surface area contributed by atoms with Crippen LogP contribution in [0.1, 0.15) is 79.2 Å². The van der Waals surface area contributed by atoms with Gasteiger partial charge in [0.1, 0.15) is 29.8 Å². The maximum Gasteiger partial charge on any atom is 0.311 e. The molecule has 1 aromatic carbocycles. The number of rotatable bonds is 7. The van der Waals surface area contributed by atoms with E-state index in [-0.39, 0.29) is 30.2 Å². The Morgan fingerprint density at radius 2 is 1.64 bits per heavy atom. The molecule has 1 aromatic rings. The fourth-order valence-corrected chi connectivity index (χ4v) is 8.08. The second-order valence-electron chi connectivity index (χ2n) is 13.0. The molecule has 4 rings (SSSR count). The molecule has 3 aliphatic carbocycles. The minimum absolute atomic E-state index is 0.0110. The van der Waals surface area contributed by atoms with Crippen molar-refractivity contribution in [2.45, 2.75) is 98.4 Å².